The standard InChI is InChI=1S/C19H24N2O2.ClH/c1-15-6-4-7-16(12-15)14-23-18-9-5-8-17(13-18)19(22)21(3)11-10-20-2;/h4-9,12-13,20H,10-11,14H2,1-3H3;1H. The molecule has 1 N–H and O–H groups in total. The molecule has 2 aromatic rings. The lowest BCUT2D eigenvalue weighted by Gasteiger charge is -2.17. The molecular formula is C19H25ClN2O2. The lowest BCUT2D eigenvalue weighted by molar-refractivity contribution is 0.0796. The Morgan fingerprint density at radius 1 is 1.17 bits per heavy atom. The topological polar surface area (TPSA) is 41.6 Å². The van der Waals surface area contributed by atoms with E-state index in [1.54, 1.807) is 18.0 Å². The molecule has 5 heteroatoms. The second-order valence-corrected chi connectivity index (χ2v) is 5.64. The first-order chi connectivity index (χ1) is 11.1. The molecule has 0 unspecified atom stereocenters. The van der Waals surface area contributed by atoms with Crippen molar-refractivity contribution in [3.8, 4) is 5.75 Å². The molecule has 4 nitrogen and oxygen atoms in total. The van der Waals surface area contributed by atoms with Gasteiger partial charge in [-0.3, -0.25) is 4.79 Å². The SMILES string of the molecule is CNCCN(C)C(=O)c1cccc(OCc2cccc(C)c2)c1.Cl. The maximum Gasteiger partial charge on any atom is 0.253 e. The zero-order chi connectivity index (χ0) is 16.7. The molecule has 2 rings (SSSR count). The average molecular weight is 349 g/mol. The highest BCUT2D eigenvalue weighted by Gasteiger charge is 2.11. The number of aryl methyl sites for hydroxylation is 1. The van der Waals surface area contributed by atoms with Crippen LogP contribution in [0.3, 0.4) is 0 Å². The fraction of sp³-hybridized carbons (Fsp3) is 0.316. The van der Waals surface area contributed by atoms with E-state index in [2.05, 4.69) is 24.4 Å². The van der Waals surface area contributed by atoms with Crippen LogP contribution in [0.4, 0.5) is 0 Å². The number of rotatable bonds is 7. The molecular weight excluding hydrogens is 324 g/mol. The molecule has 0 bridgehead atoms. The van der Waals surface area contributed by atoms with E-state index < -0.39 is 0 Å². The fourth-order valence-corrected chi connectivity index (χ4v) is 2.29. The van der Waals surface area contributed by atoms with Crippen LogP contribution < -0.4 is 10.1 Å². The number of nitrogens with zero attached hydrogens (tertiary/aromatic N) is 1. The van der Waals surface area contributed by atoms with Gasteiger partial charge in [-0.25, -0.2) is 0 Å². The van der Waals surface area contributed by atoms with Gasteiger partial charge in [0.05, 0.1) is 0 Å². The second-order valence-electron chi connectivity index (χ2n) is 5.64. The van der Waals surface area contributed by atoms with Gasteiger partial charge in [-0.05, 0) is 37.7 Å². The Kier molecular flexibility index (Phi) is 8.30. The van der Waals surface area contributed by atoms with E-state index in [9.17, 15) is 4.79 Å². The van der Waals surface area contributed by atoms with Crippen molar-refractivity contribution in [2.75, 3.05) is 27.2 Å². The van der Waals surface area contributed by atoms with Gasteiger partial charge in [0.2, 0.25) is 0 Å². The summed E-state index contributed by atoms with van der Waals surface area (Å²) in [5, 5.41) is 3.04. The van der Waals surface area contributed by atoms with Crippen molar-refractivity contribution < 1.29 is 9.53 Å². The molecule has 0 aromatic heterocycles. The molecule has 0 aliphatic heterocycles. The van der Waals surface area contributed by atoms with E-state index in [1.165, 1.54) is 5.56 Å². The lowest BCUT2D eigenvalue weighted by atomic mass is 10.1. The van der Waals surface area contributed by atoms with Crippen molar-refractivity contribution >= 4 is 18.3 Å². The minimum Gasteiger partial charge on any atom is -0.489 e. The Balaban J connectivity index is 0.00000288. The number of likely N-dealkylation sites (N-methyl/N-ethyl adjacent to an activating group) is 2. The van der Waals surface area contributed by atoms with Crippen LogP contribution in [-0.4, -0.2) is 38.0 Å². The summed E-state index contributed by atoms with van der Waals surface area (Å²) in [5.74, 6) is 0.709. The summed E-state index contributed by atoms with van der Waals surface area (Å²) in [6.07, 6.45) is 0. The van der Waals surface area contributed by atoms with Crippen molar-refractivity contribution in [3.63, 3.8) is 0 Å². The molecule has 0 saturated carbocycles. The third kappa shape index (κ3) is 5.87. The molecule has 0 spiro atoms. The van der Waals surface area contributed by atoms with Crippen LogP contribution in [0.2, 0.25) is 0 Å². The van der Waals surface area contributed by atoms with Gasteiger partial charge < -0.3 is 15.0 Å². The summed E-state index contributed by atoms with van der Waals surface area (Å²) in [6, 6.07) is 15.6. The van der Waals surface area contributed by atoms with Crippen molar-refractivity contribution in [3.05, 3.63) is 65.2 Å². The molecule has 130 valence electrons. The van der Waals surface area contributed by atoms with Crippen LogP contribution in [0.5, 0.6) is 5.75 Å². The predicted molar refractivity (Wildman–Crippen MR) is 100 cm³/mol. The van der Waals surface area contributed by atoms with Gasteiger partial charge in [-0.1, -0.05) is 35.9 Å². The Bertz CT molecular complexity index is 661. The number of hydrogen-bond acceptors (Lipinski definition) is 3. The zero-order valence-corrected chi connectivity index (χ0v) is 15.2. The van der Waals surface area contributed by atoms with Crippen LogP contribution in [0.15, 0.2) is 48.5 Å². The molecule has 0 saturated heterocycles. The molecule has 24 heavy (non-hydrogen) atoms. The Labute approximate surface area is 150 Å². The molecule has 0 atom stereocenters. The van der Waals surface area contributed by atoms with Gasteiger partial charge >= 0.3 is 0 Å². The maximum absolute atomic E-state index is 12.4. The Morgan fingerprint density at radius 2 is 1.92 bits per heavy atom. The first-order valence-corrected chi connectivity index (χ1v) is 7.78. The van der Waals surface area contributed by atoms with E-state index in [-0.39, 0.29) is 18.3 Å². The lowest BCUT2D eigenvalue weighted by Crippen LogP contribution is -2.32. The zero-order valence-electron chi connectivity index (χ0n) is 14.4. The first kappa shape index (κ1) is 20.0. The van der Waals surface area contributed by atoms with E-state index in [0.717, 1.165) is 12.1 Å². The summed E-state index contributed by atoms with van der Waals surface area (Å²) in [5.41, 5.74) is 2.97. The van der Waals surface area contributed by atoms with Crippen molar-refractivity contribution in [1.82, 2.24) is 10.2 Å². The quantitative estimate of drug-likeness (QED) is 0.834. The number of carbonyl (C=O) groups excluding carboxylic acids is 1. The van der Waals surface area contributed by atoms with Gasteiger partial charge in [0.15, 0.2) is 0 Å². The molecule has 0 fully saturated rings. The highest BCUT2D eigenvalue weighted by molar-refractivity contribution is 5.94. The molecule has 0 radical (unpaired) electrons. The van der Waals surface area contributed by atoms with Gasteiger partial charge in [0, 0.05) is 25.7 Å². The molecule has 0 heterocycles. The number of benzene rings is 2. The number of nitrogens with one attached hydrogen (secondary N) is 1. The molecule has 1 amide bonds. The van der Waals surface area contributed by atoms with Crippen molar-refractivity contribution in [2.45, 2.75) is 13.5 Å². The fourth-order valence-electron chi connectivity index (χ4n) is 2.29. The van der Waals surface area contributed by atoms with Gasteiger partial charge in [0.25, 0.3) is 5.91 Å². The van der Waals surface area contributed by atoms with E-state index >= 15 is 0 Å². The molecule has 2 aromatic carbocycles. The van der Waals surface area contributed by atoms with Crippen LogP contribution in [0.1, 0.15) is 21.5 Å². The smallest absolute Gasteiger partial charge is 0.253 e. The second kappa shape index (κ2) is 9.96. The largest absolute Gasteiger partial charge is 0.489 e. The van der Waals surface area contributed by atoms with Crippen LogP contribution in [0, 0.1) is 6.92 Å². The highest BCUT2D eigenvalue weighted by atomic mass is 35.5. The summed E-state index contributed by atoms with van der Waals surface area (Å²) in [7, 11) is 3.68. The number of halogens is 1. The Morgan fingerprint density at radius 3 is 2.62 bits per heavy atom. The van der Waals surface area contributed by atoms with Crippen molar-refractivity contribution in [2.24, 2.45) is 0 Å². The molecule has 0 aliphatic rings. The average Bonchev–Trinajstić information content (AvgIpc) is 2.57. The van der Waals surface area contributed by atoms with E-state index in [4.69, 9.17) is 4.74 Å². The highest BCUT2D eigenvalue weighted by Crippen LogP contribution is 2.16. The van der Waals surface area contributed by atoms with Gasteiger partial charge in [-0.15, -0.1) is 12.4 Å². The number of carbonyl (C=O) groups is 1. The minimum atomic E-state index is 0. The summed E-state index contributed by atoms with van der Waals surface area (Å²) < 4.78 is 5.82. The third-order valence-electron chi connectivity index (χ3n) is 3.61. The van der Waals surface area contributed by atoms with Gasteiger partial charge in [0.1, 0.15) is 12.4 Å². The van der Waals surface area contributed by atoms with Crippen LogP contribution in [0.25, 0.3) is 0 Å². The maximum atomic E-state index is 12.4. The first-order valence-electron chi connectivity index (χ1n) is 7.78. The summed E-state index contributed by atoms with van der Waals surface area (Å²) >= 11 is 0. The monoisotopic (exact) mass is 348 g/mol. The van der Waals surface area contributed by atoms with Crippen LogP contribution >= 0.6 is 12.4 Å². The summed E-state index contributed by atoms with van der Waals surface area (Å²) in [4.78, 5) is 14.1. The minimum absolute atomic E-state index is 0. The van der Waals surface area contributed by atoms with Crippen LogP contribution in [-0.2, 0) is 6.61 Å². The normalized spacial score (nSPS) is 9.96. The Hall–Kier alpha value is -2.04. The summed E-state index contributed by atoms with van der Waals surface area (Å²) in [6.45, 7) is 3.99. The third-order valence-corrected chi connectivity index (χ3v) is 3.61. The number of hydrogen-bond donors (Lipinski definition) is 1. The number of amides is 1. The number of ether oxygens (including phenoxy) is 1. The van der Waals surface area contributed by atoms with E-state index in [0.29, 0.717) is 24.5 Å². The molecule has 0 aliphatic carbocycles. The predicted octanol–water partition coefficient (Wildman–Crippen LogP) is 3.29. The van der Waals surface area contributed by atoms with Crippen molar-refractivity contribution in [1.29, 1.82) is 0 Å². The van der Waals surface area contributed by atoms with Gasteiger partial charge in [-0.2, -0.15) is 0 Å². The van der Waals surface area contributed by atoms with E-state index in [1.807, 2.05) is 37.4 Å².